The molecule has 1 aromatic heterocycles. The SMILES string of the molecule is Cc1ncc(CN(CC(=O)O)CC2CC2)s1. The van der Waals surface area contributed by atoms with Gasteiger partial charge in [0.05, 0.1) is 11.6 Å². The quantitative estimate of drug-likeness (QED) is 0.823. The number of hydrogen-bond donors (Lipinski definition) is 1. The molecule has 1 aliphatic rings. The topological polar surface area (TPSA) is 53.4 Å². The van der Waals surface area contributed by atoms with Gasteiger partial charge in [-0.1, -0.05) is 0 Å². The van der Waals surface area contributed by atoms with Crippen LogP contribution in [0.1, 0.15) is 22.7 Å². The maximum Gasteiger partial charge on any atom is 0.317 e. The van der Waals surface area contributed by atoms with E-state index in [4.69, 9.17) is 5.11 Å². The second-order valence-corrected chi connectivity index (χ2v) is 5.67. The minimum Gasteiger partial charge on any atom is -0.480 e. The van der Waals surface area contributed by atoms with Gasteiger partial charge in [-0.2, -0.15) is 0 Å². The summed E-state index contributed by atoms with van der Waals surface area (Å²) in [7, 11) is 0. The summed E-state index contributed by atoms with van der Waals surface area (Å²) in [6.45, 7) is 3.72. The molecule has 0 saturated heterocycles. The van der Waals surface area contributed by atoms with E-state index in [2.05, 4.69) is 4.98 Å². The van der Waals surface area contributed by atoms with E-state index in [-0.39, 0.29) is 6.54 Å². The van der Waals surface area contributed by atoms with Crippen molar-refractivity contribution in [2.75, 3.05) is 13.1 Å². The average Bonchev–Trinajstić information content (AvgIpc) is 2.89. The lowest BCUT2D eigenvalue weighted by Crippen LogP contribution is -2.30. The van der Waals surface area contributed by atoms with Crippen LogP contribution >= 0.6 is 11.3 Å². The number of rotatable bonds is 6. The number of carbonyl (C=O) groups is 1. The molecule has 5 heteroatoms. The first-order valence-corrected chi connectivity index (χ1v) is 6.30. The van der Waals surface area contributed by atoms with E-state index in [1.54, 1.807) is 11.3 Å². The maximum atomic E-state index is 10.8. The van der Waals surface area contributed by atoms with E-state index in [0.29, 0.717) is 12.5 Å². The molecule has 0 radical (unpaired) electrons. The Kier molecular flexibility index (Phi) is 3.56. The smallest absolute Gasteiger partial charge is 0.317 e. The van der Waals surface area contributed by atoms with Crippen LogP contribution in [0.25, 0.3) is 0 Å². The fraction of sp³-hybridized carbons (Fsp3) is 0.636. The Morgan fingerprint density at radius 1 is 1.69 bits per heavy atom. The Labute approximate surface area is 98.9 Å². The number of aromatic nitrogens is 1. The highest BCUT2D eigenvalue weighted by Crippen LogP contribution is 2.30. The Morgan fingerprint density at radius 3 is 2.94 bits per heavy atom. The zero-order valence-electron chi connectivity index (χ0n) is 9.35. The molecule has 1 N–H and O–H groups in total. The van der Waals surface area contributed by atoms with Crippen LogP contribution in [0, 0.1) is 12.8 Å². The first kappa shape index (κ1) is 11.5. The molecule has 1 fully saturated rings. The van der Waals surface area contributed by atoms with Crippen molar-refractivity contribution in [3.8, 4) is 0 Å². The van der Waals surface area contributed by atoms with Crippen LogP contribution in [0.5, 0.6) is 0 Å². The van der Waals surface area contributed by atoms with E-state index in [9.17, 15) is 4.79 Å². The molecule has 1 aliphatic carbocycles. The minimum absolute atomic E-state index is 0.132. The van der Waals surface area contributed by atoms with E-state index in [1.165, 1.54) is 12.8 Å². The van der Waals surface area contributed by atoms with Crippen molar-refractivity contribution in [3.63, 3.8) is 0 Å². The lowest BCUT2D eigenvalue weighted by Gasteiger charge is -2.18. The molecule has 16 heavy (non-hydrogen) atoms. The van der Waals surface area contributed by atoms with Gasteiger partial charge in [0.25, 0.3) is 0 Å². The van der Waals surface area contributed by atoms with Gasteiger partial charge in [0, 0.05) is 24.2 Å². The third-order valence-electron chi connectivity index (χ3n) is 2.62. The number of thiazole rings is 1. The second kappa shape index (κ2) is 4.93. The van der Waals surface area contributed by atoms with Gasteiger partial charge >= 0.3 is 5.97 Å². The molecule has 0 atom stereocenters. The van der Waals surface area contributed by atoms with Gasteiger partial charge in [-0.25, -0.2) is 4.98 Å². The highest BCUT2D eigenvalue weighted by Gasteiger charge is 2.25. The van der Waals surface area contributed by atoms with Crippen LogP contribution in [0.3, 0.4) is 0 Å². The first-order valence-electron chi connectivity index (χ1n) is 5.49. The van der Waals surface area contributed by atoms with Crippen LogP contribution in [0.2, 0.25) is 0 Å². The van der Waals surface area contributed by atoms with Crippen molar-refractivity contribution in [2.45, 2.75) is 26.3 Å². The van der Waals surface area contributed by atoms with Gasteiger partial charge in [-0.3, -0.25) is 9.69 Å². The number of aryl methyl sites for hydroxylation is 1. The zero-order valence-corrected chi connectivity index (χ0v) is 10.2. The van der Waals surface area contributed by atoms with Crippen molar-refractivity contribution in [1.29, 1.82) is 0 Å². The number of carboxylic acid groups (broad SMARTS) is 1. The van der Waals surface area contributed by atoms with Crippen LogP contribution in [-0.4, -0.2) is 34.0 Å². The Morgan fingerprint density at radius 2 is 2.44 bits per heavy atom. The van der Waals surface area contributed by atoms with Crippen LogP contribution in [-0.2, 0) is 11.3 Å². The van der Waals surface area contributed by atoms with Crippen molar-refractivity contribution in [2.24, 2.45) is 5.92 Å². The maximum absolute atomic E-state index is 10.8. The molecule has 0 aliphatic heterocycles. The summed E-state index contributed by atoms with van der Waals surface area (Å²) in [5.41, 5.74) is 0. The fourth-order valence-electron chi connectivity index (χ4n) is 1.74. The third kappa shape index (κ3) is 3.57. The number of nitrogens with zero attached hydrogens (tertiary/aromatic N) is 2. The molecule has 1 heterocycles. The summed E-state index contributed by atoms with van der Waals surface area (Å²) in [6, 6.07) is 0. The van der Waals surface area contributed by atoms with Gasteiger partial charge in [0.15, 0.2) is 0 Å². The van der Waals surface area contributed by atoms with E-state index in [0.717, 1.165) is 16.4 Å². The molecule has 0 bridgehead atoms. The molecule has 4 nitrogen and oxygen atoms in total. The zero-order chi connectivity index (χ0) is 11.5. The van der Waals surface area contributed by atoms with Crippen LogP contribution < -0.4 is 0 Å². The third-order valence-corrected chi connectivity index (χ3v) is 3.52. The van der Waals surface area contributed by atoms with E-state index in [1.807, 2.05) is 18.0 Å². The van der Waals surface area contributed by atoms with E-state index >= 15 is 0 Å². The predicted octanol–water partition coefficient (Wildman–Crippen LogP) is 1.75. The fourth-order valence-corrected chi connectivity index (χ4v) is 2.58. The highest BCUT2D eigenvalue weighted by molar-refractivity contribution is 7.11. The lowest BCUT2D eigenvalue weighted by molar-refractivity contribution is -0.138. The summed E-state index contributed by atoms with van der Waals surface area (Å²) >= 11 is 1.64. The molecule has 0 aromatic carbocycles. The summed E-state index contributed by atoms with van der Waals surface area (Å²) in [5.74, 6) is -0.0322. The summed E-state index contributed by atoms with van der Waals surface area (Å²) < 4.78 is 0. The van der Waals surface area contributed by atoms with Gasteiger partial charge in [0.1, 0.15) is 0 Å². The van der Waals surface area contributed by atoms with Crippen molar-refractivity contribution in [1.82, 2.24) is 9.88 Å². The summed E-state index contributed by atoms with van der Waals surface area (Å²) in [6.07, 6.45) is 4.34. The van der Waals surface area contributed by atoms with Crippen LogP contribution in [0.4, 0.5) is 0 Å². The van der Waals surface area contributed by atoms with Gasteiger partial charge < -0.3 is 5.11 Å². The average molecular weight is 240 g/mol. The summed E-state index contributed by atoms with van der Waals surface area (Å²) in [4.78, 5) is 18.1. The highest BCUT2D eigenvalue weighted by atomic mass is 32.1. The largest absolute Gasteiger partial charge is 0.480 e. The number of carboxylic acids is 1. The Hall–Kier alpha value is -0.940. The van der Waals surface area contributed by atoms with Crippen molar-refractivity contribution < 1.29 is 9.90 Å². The molecule has 0 spiro atoms. The van der Waals surface area contributed by atoms with Gasteiger partial charge in [0.2, 0.25) is 0 Å². The van der Waals surface area contributed by atoms with Crippen molar-refractivity contribution in [3.05, 3.63) is 16.1 Å². The minimum atomic E-state index is -0.748. The van der Waals surface area contributed by atoms with Crippen molar-refractivity contribution >= 4 is 17.3 Å². The number of aliphatic carboxylic acids is 1. The second-order valence-electron chi connectivity index (χ2n) is 4.35. The molecule has 0 unspecified atom stereocenters. The first-order chi connectivity index (χ1) is 7.63. The molecule has 88 valence electrons. The molecular formula is C11H16N2O2S. The molecular weight excluding hydrogens is 224 g/mol. The molecule has 1 saturated carbocycles. The van der Waals surface area contributed by atoms with E-state index < -0.39 is 5.97 Å². The predicted molar refractivity (Wildman–Crippen MR) is 62.5 cm³/mol. The van der Waals surface area contributed by atoms with Gasteiger partial charge in [-0.05, 0) is 25.7 Å². The Bertz CT molecular complexity index is 374. The standard InChI is InChI=1S/C11H16N2O2S/c1-8-12-4-10(16-8)6-13(7-11(14)15)5-9-2-3-9/h4,9H,2-3,5-7H2,1H3,(H,14,15). The monoisotopic (exact) mass is 240 g/mol. The number of hydrogen-bond acceptors (Lipinski definition) is 4. The molecule has 2 rings (SSSR count). The normalized spacial score (nSPS) is 15.6. The lowest BCUT2D eigenvalue weighted by atomic mass is 10.3. The molecule has 0 amide bonds. The van der Waals surface area contributed by atoms with Crippen LogP contribution in [0.15, 0.2) is 6.20 Å². The molecule has 1 aromatic rings. The Balaban J connectivity index is 1.91. The van der Waals surface area contributed by atoms with Gasteiger partial charge in [-0.15, -0.1) is 11.3 Å². The summed E-state index contributed by atoms with van der Waals surface area (Å²) in [5, 5.41) is 9.89.